The normalized spacial score (nSPS) is 13.7. The van der Waals surface area contributed by atoms with Crippen LogP contribution in [0.1, 0.15) is 33.1 Å². The standard InChI is InChI=1S/C8H18O/c1-4-6-8(5-2)7-9-3/h8H,4-7H2,1-3H3/t8-/m1/s1. The van der Waals surface area contributed by atoms with Crippen LogP contribution in [0.25, 0.3) is 0 Å². The van der Waals surface area contributed by atoms with Crippen molar-refractivity contribution in [2.24, 2.45) is 5.92 Å². The van der Waals surface area contributed by atoms with Crippen LogP contribution in [0.15, 0.2) is 0 Å². The zero-order valence-electron chi connectivity index (χ0n) is 6.81. The number of hydrogen-bond donors (Lipinski definition) is 0. The minimum Gasteiger partial charge on any atom is -0.384 e. The molecule has 0 aliphatic carbocycles. The Hall–Kier alpha value is -0.0400. The Bertz CT molecular complexity index is 46.5. The van der Waals surface area contributed by atoms with Gasteiger partial charge in [0.2, 0.25) is 0 Å². The highest BCUT2D eigenvalue weighted by Crippen LogP contribution is 2.09. The quantitative estimate of drug-likeness (QED) is 0.555. The van der Waals surface area contributed by atoms with E-state index in [0.717, 1.165) is 12.5 Å². The highest BCUT2D eigenvalue weighted by atomic mass is 16.5. The van der Waals surface area contributed by atoms with Gasteiger partial charge in [0, 0.05) is 13.7 Å². The third-order valence-corrected chi connectivity index (χ3v) is 1.68. The smallest absolute Gasteiger partial charge is 0.0490 e. The van der Waals surface area contributed by atoms with Crippen LogP contribution in [0.2, 0.25) is 0 Å². The van der Waals surface area contributed by atoms with E-state index in [4.69, 9.17) is 4.74 Å². The summed E-state index contributed by atoms with van der Waals surface area (Å²) in [6.07, 6.45) is 3.84. The summed E-state index contributed by atoms with van der Waals surface area (Å²) in [5.74, 6) is 0.792. The first-order valence-corrected chi connectivity index (χ1v) is 3.84. The van der Waals surface area contributed by atoms with Crippen molar-refractivity contribution in [3.63, 3.8) is 0 Å². The molecule has 1 heteroatoms. The van der Waals surface area contributed by atoms with E-state index in [2.05, 4.69) is 13.8 Å². The lowest BCUT2D eigenvalue weighted by Gasteiger charge is -2.10. The lowest BCUT2D eigenvalue weighted by Crippen LogP contribution is -2.05. The molecule has 0 saturated heterocycles. The highest BCUT2D eigenvalue weighted by Gasteiger charge is 2.02. The van der Waals surface area contributed by atoms with Crippen LogP contribution in [0.3, 0.4) is 0 Å². The predicted molar refractivity (Wildman–Crippen MR) is 40.6 cm³/mol. The van der Waals surface area contributed by atoms with Gasteiger partial charge in [-0.2, -0.15) is 0 Å². The van der Waals surface area contributed by atoms with Crippen LogP contribution in [0.5, 0.6) is 0 Å². The molecule has 0 aromatic rings. The van der Waals surface area contributed by atoms with E-state index in [0.29, 0.717) is 0 Å². The van der Waals surface area contributed by atoms with Crippen LogP contribution in [0, 0.1) is 5.92 Å². The minimum atomic E-state index is 0.792. The van der Waals surface area contributed by atoms with Gasteiger partial charge in [-0.05, 0) is 12.3 Å². The third kappa shape index (κ3) is 4.46. The monoisotopic (exact) mass is 130 g/mol. The molecule has 0 aromatic heterocycles. The summed E-state index contributed by atoms with van der Waals surface area (Å²) >= 11 is 0. The van der Waals surface area contributed by atoms with Crippen molar-refractivity contribution in [2.45, 2.75) is 33.1 Å². The van der Waals surface area contributed by atoms with Crippen molar-refractivity contribution in [3.8, 4) is 0 Å². The molecule has 1 atom stereocenters. The molecule has 0 radical (unpaired) electrons. The maximum atomic E-state index is 5.05. The fraction of sp³-hybridized carbons (Fsp3) is 1.00. The average Bonchev–Trinajstić information content (AvgIpc) is 1.88. The zero-order valence-corrected chi connectivity index (χ0v) is 6.81. The fourth-order valence-electron chi connectivity index (χ4n) is 1.05. The second kappa shape index (κ2) is 6.09. The second-order valence-electron chi connectivity index (χ2n) is 2.52. The molecular formula is C8H18O. The molecule has 0 unspecified atom stereocenters. The summed E-state index contributed by atoms with van der Waals surface area (Å²) in [6.45, 7) is 5.38. The maximum absolute atomic E-state index is 5.05. The Kier molecular flexibility index (Phi) is 6.06. The van der Waals surface area contributed by atoms with Gasteiger partial charge in [-0.1, -0.05) is 26.7 Å². The van der Waals surface area contributed by atoms with E-state index in [1.807, 2.05) is 0 Å². The summed E-state index contributed by atoms with van der Waals surface area (Å²) in [4.78, 5) is 0. The number of methoxy groups -OCH3 is 1. The number of ether oxygens (including phenoxy) is 1. The van der Waals surface area contributed by atoms with Crippen molar-refractivity contribution < 1.29 is 4.74 Å². The van der Waals surface area contributed by atoms with Crippen LogP contribution >= 0.6 is 0 Å². The molecular weight excluding hydrogens is 112 g/mol. The first-order valence-electron chi connectivity index (χ1n) is 3.84. The Labute approximate surface area is 58.4 Å². The molecule has 0 saturated carbocycles. The van der Waals surface area contributed by atoms with E-state index in [9.17, 15) is 0 Å². The molecule has 0 aliphatic rings. The van der Waals surface area contributed by atoms with Crippen molar-refractivity contribution >= 4 is 0 Å². The molecule has 0 bridgehead atoms. The highest BCUT2D eigenvalue weighted by molar-refractivity contribution is 4.53. The first kappa shape index (κ1) is 8.96. The molecule has 56 valence electrons. The average molecular weight is 130 g/mol. The van der Waals surface area contributed by atoms with Crippen LogP contribution in [0.4, 0.5) is 0 Å². The molecule has 0 amide bonds. The summed E-state index contributed by atoms with van der Waals surface area (Å²) in [6, 6.07) is 0. The number of rotatable bonds is 5. The minimum absolute atomic E-state index is 0.792. The molecule has 0 aliphatic heterocycles. The van der Waals surface area contributed by atoms with Crippen LogP contribution < -0.4 is 0 Å². The van der Waals surface area contributed by atoms with Gasteiger partial charge >= 0.3 is 0 Å². The largest absolute Gasteiger partial charge is 0.384 e. The Morgan fingerprint density at radius 1 is 1.33 bits per heavy atom. The van der Waals surface area contributed by atoms with Crippen molar-refractivity contribution in [3.05, 3.63) is 0 Å². The topological polar surface area (TPSA) is 9.23 Å². The summed E-state index contributed by atoms with van der Waals surface area (Å²) in [5.41, 5.74) is 0. The fourth-order valence-corrected chi connectivity index (χ4v) is 1.05. The maximum Gasteiger partial charge on any atom is 0.0490 e. The molecule has 0 N–H and O–H groups in total. The van der Waals surface area contributed by atoms with Gasteiger partial charge < -0.3 is 4.74 Å². The lowest BCUT2D eigenvalue weighted by atomic mass is 10.0. The second-order valence-corrected chi connectivity index (χ2v) is 2.52. The lowest BCUT2D eigenvalue weighted by molar-refractivity contribution is 0.145. The van der Waals surface area contributed by atoms with Crippen LogP contribution in [-0.2, 0) is 4.74 Å². The summed E-state index contributed by atoms with van der Waals surface area (Å²) in [5, 5.41) is 0. The van der Waals surface area contributed by atoms with Gasteiger partial charge in [0.05, 0.1) is 0 Å². The van der Waals surface area contributed by atoms with Gasteiger partial charge in [-0.25, -0.2) is 0 Å². The molecule has 1 nitrogen and oxygen atoms in total. The van der Waals surface area contributed by atoms with Gasteiger partial charge in [-0.15, -0.1) is 0 Å². The number of hydrogen-bond acceptors (Lipinski definition) is 1. The molecule has 0 heterocycles. The van der Waals surface area contributed by atoms with Gasteiger partial charge in [-0.3, -0.25) is 0 Å². The van der Waals surface area contributed by atoms with Gasteiger partial charge in [0.15, 0.2) is 0 Å². The zero-order chi connectivity index (χ0) is 7.11. The SMILES string of the molecule is CCC[C@@H](CC)COC. The predicted octanol–water partition coefficient (Wildman–Crippen LogP) is 2.46. The van der Waals surface area contributed by atoms with E-state index in [1.54, 1.807) is 7.11 Å². The van der Waals surface area contributed by atoms with Crippen molar-refractivity contribution in [1.29, 1.82) is 0 Å². The van der Waals surface area contributed by atoms with Crippen molar-refractivity contribution in [1.82, 2.24) is 0 Å². The third-order valence-electron chi connectivity index (χ3n) is 1.68. The summed E-state index contributed by atoms with van der Waals surface area (Å²) in [7, 11) is 1.78. The van der Waals surface area contributed by atoms with Crippen molar-refractivity contribution in [2.75, 3.05) is 13.7 Å². The van der Waals surface area contributed by atoms with E-state index < -0.39 is 0 Å². The first-order chi connectivity index (χ1) is 4.35. The molecule has 0 fully saturated rings. The van der Waals surface area contributed by atoms with Gasteiger partial charge in [0.25, 0.3) is 0 Å². The van der Waals surface area contributed by atoms with E-state index in [1.165, 1.54) is 19.3 Å². The Balaban J connectivity index is 3.18. The Morgan fingerprint density at radius 3 is 2.33 bits per heavy atom. The van der Waals surface area contributed by atoms with Crippen LogP contribution in [-0.4, -0.2) is 13.7 Å². The van der Waals surface area contributed by atoms with E-state index in [-0.39, 0.29) is 0 Å². The van der Waals surface area contributed by atoms with Gasteiger partial charge in [0.1, 0.15) is 0 Å². The molecule has 9 heavy (non-hydrogen) atoms. The Morgan fingerprint density at radius 2 is 2.00 bits per heavy atom. The summed E-state index contributed by atoms with van der Waals surface area (Å²) < 4.78 is 5.05. The molecule has 0 spiro atoms. The molecule has 0 aromatic carbocycles. The molecule has 0 rings (SSSR count). The van der Waals surface area contributed by atoms with E-state index >= 15 is 0 Å².